The minimum Gasteiger partial charge on any atom is -0.439 e. The molecule has 22 heavy (non-hydrogen) atoms. The summed E-state index contributed by atoms with van der Waals surface area (Å²) in [5.74, 6) is 1.37. The van der Waals surface area contributed by atoms with E-state index in [9.17, 15) is 0 Å². The molecule has 0 atom stereocenters. The van der Waals surface area contributed by atoms with Gasteiger partial charge < -0.3 is 9.73 Å². The number of nitrogens with zero attached hydrogens (tertiary/aromatic N) is 1. The van der Waals surface area contributed by atoms with Crippen molar-refractivity contribution in [2.45, 2.75) is 20.4 Å². The fourth-order valence-corrected chi connectivity index (χ4v) is 2.61. The molecule has 0 aliphatic rings. The lowest BCUT2D eigenvalue weighted by Crippen LogP contribution is -2.02. The zero-order chi connectivity index (χ0) is 15.5. The minimum atomic E-state index is 0.548. The summed E-state index contributed by atoms with van der Waals surface area (Å²) in [4.78, 5) is 4.32. The van der Waals surface area contributed by atoms with Gasteiger partial charge in [0.25, 0.3) is 0 Å². The number of rotatable bonds is 4. The molecule has 0 saturated heterocycles. The number of nitrogens with one attached hydrogen (secondary N) is 1. The third kappa shape index (κ3) is 3.15. The Morgan fingerprint density at radius 2 is 1.82 bits per heavy atom. The Bertz CT molecular complexity index is 775. The third-order valence-electron chi connectivity index (χ3n) is 3.56. The van der Waals surface area contributed by atoms with Gasteiger partial charge in [0.05, 0.1) is 12.7 Å². The number of hydrogen-bond donors (Lipinski definition) is 1. The number of aryl methyl sites for hydroxylation is 2. The Kier molecular flexibility index (Phi) is 4.16. The lowest BCUT2D eigenvalue weighted by atomic mass is 10.1. The first-order valence-electron chi connectivity index (χ1n) is 7.14. The van der Waals surface area contributed by atoms with Crippen molar-refractivity contribution in [2.24, 2.45) is 0 Å². The van der Waals surface area contributed by atoms with Crippen LogP contribution >= 0.6 is 11.6 Å². The quantitative estimate of drug-likeness (QED) is 0.717. The van der Waals surface area contributed by atoms with Crippen LogP contribution in [0.15, 0.2) is 53.1 Å². The fourth-order valence-electron chi connectivity index (χ4n) is 2.42. The van der Waals surface area contributed by atoms with Crippen LogP contribution < -0.4 is 5.32 Å². The SMILES string of the molecule is Cc1cccc(C)c1NCc1ncc(-c2cccc(Cl)c2)o1. The average Bonchev–Trinajstić information content (AvgIpc) is 2.96. The number of aromatic nitrogens is 1. The molecule has 0 radical (unpaired) electrons. The van der Waals surface area contributed by atoms with E-state index in [1.54, 1.807) is 6.20 Å². The molecule has 3 rings (SSSR count). The van der Waals surface area contributed by atoms with Gasteiger partial charge in [0.1, 0.15) is 0 Å². The van der Waals surface area contributed by atoms with Crippen molar-refractivity contribution in [1.82, 2.24) is 4.98 Å². The summed E-state index contributed by atoms with van der Waals surface area (Å²) in [6.45, 7) is 4.72. The first-order valence-corrected chi connectivity index (χ1v) is 7.52. The normalized spacial score (nSPS) is 10.7. The summed E-state index contributed by atoms with van der Waals surface area (Å²) in [7, 11) is 0. The maximum atomic E-state index is 6.00. The molecule has 4 heteroatoms. The summed E-state index contributed by atoms with van der Waals surface area (Å²) >= 11 is 6.00. The molecule has 1 heterocycles. The van der Waals surface area contributed by atoms with Gasteiger partial charge in [0, 0.05) is 16.3 Å². The number of para-hydroxylation sites is 1. The maximum Gasteiger partial charge on any atom is 0.214 e. The molecule has 0 unspecified atom stereocenters. The first-order chi connectivity index (χ1) is 10.6. The Morgan fingerprint density at radius 1 is 1.09 bits per heavy atom. The predicted molar refractivity (Wildman–Crippen MR) is 90.2 cm³/mol. The van der Waals surface area contributed by atoms with Crippen LogP contribution in [0.4, 0.5) is 5.69 Å². The van der Waals surface area contributed by atoms with Crippen molar-refractivity contribution in [2.75, 3.05) is 5.32 Å². The number of benzene rings is 2. The molecule has 3 aromatic rings. The topological polar surface area (TPSA) is 38.1 Å². The van der Waals surface area contributed by atoms with Crippen molar-refractivity contribution in [3.05, 3.63) is 70.7 Å². The van der Waals surface area contributed by atoms with E-state index < -0.39 is 0 Å². The molecule has 0 bridgehead atoms. The molecule has 0 amide bonds. The zero-order valence-electron chi connectivity index (χ0n) is 12.6. The van der Waals surface area contributed by atoms with E-state index >= 15 is 0 Å². The smallest absolute Gasteiger partial charge is 0.214 e. The maximum absolute atomic E-state index is 6.00. The molecular weight excluding hydrogens is 296 g/mol. The molecule has 0 fully saturated rings. The van der Waals surface area contributed by atoms with Crippen molar-refractivity contribution in [1.29, 1.82) is 0 Å². The van der Waals surface area contributed by atoms with E-state index in [0.29, 0.717) is 17.5 Å². The minimum absolute atomic E-state index is 0.548. The predicted octanol–water partition coefficient (Wildman–Crippen LogP) is 5.22. The van der Waals surface area contributed by atoms with E-state index in [-0.39, 0.29) is 0 Å². The van der Waals surface area contributed by atoms with Gasteiger partial charge in [-0.25, -0.2) is 4.98 Å². The van der Waals surface area contributed by atoms with Gasteiger partial charge in [-0.3, -0.25) is 0 Å². The second-order valence-electron chi connectivity index (χ2n) is 5.25. The fraction of sp³-hybridized carbons (Fsp3) is 0.167. The lowest BCUT2D eigenvalue weighted by molar-refractivity contribution is 0.516. The van der Waals surface area contributed by atoms with Crippen LogP contribution in [0.25, 0.3) is 11.3 Å². The third-order valence-corrected chi connectivity index (χ3v) is 3.80. The van der Waals surface area contributed by atoms with Gasteiger partial charge in [-0.15, -0.1) is 0 Å². The van der Waals surface area contributed by atoms with Gasteiger partial charge in [-0.05, 0) is 37.1 Å². The Balaban J connectivity index is 1.75. The summed E-state index contributed by atoms with van der Waals surface area (Å²) in [6, 6.07) is 13.8. The van der Waals surface area contributed by atoms with Crippen molar-refractivity contribution >= 4 is 17.3 Å². The first kappa shape index (κ1) is 14.7. The molecule has 3 nitrogen and oxygen atoms in total. The Hall–Kier alpha value is -2.26. The molecule has 2 aromatic carbocycles. The standard InChI is InChI=1S/C18H17ClN2O/c1-12-5-3-6-13(2)18(12)21-11-17-20-10-16(22-17)14-7-4-8-15(19)9-14/h3-10,21H,11H2,1-2H3. The summed E-state index contributed by atoms with van der Waals surface area (Å²) in [5.41, 5.74) is 4.48. The second-order valence-corrected chi connectivity index (χ2v) is 5.69. The van der Waals surface area contributed by atoms with Crippen LogP contribution in [0.1, 0.15) is 17.0 Å². The van der Waals surface area contributed by atoms with Gasteiger partial charge in [0.2, 0.25) is 5.89 Å². The van der Waals surface area contributed by atoms with E-state index in [1.165, 1.54) is 11.1 Å². The van der Waals surface area contributed by atoms with Crippen LogP contribution in [-0.4, -0.2) is 4.98 Å². The van der Waals surface area contributed by atoms with Crippen LogP contribution in [0.3, 0.4) is 0 Å². The summed E-state index contributed by atoms with van der Waals surface area (Å²) in [6.07, 6.45) is 1.73. The molecule has 1 aromatic heterocycles. The van der Waals surface area contributed by atoms with E-state index in [4.69, 9.17) is 16.0 Å². The van der Waals surface area contributed by atoms with E-state index in [0.717, 1.165) is 17.0 Å². The Labute approximate surface area is 135 Å². The van der Waals surface area contributed by atoms with E-state index in [1.807, 2.05) is 24.3 Å². The summed E-state index contributed by atoms with van der Waals surface area (Å²) in [5, 5.41) is 4.08. The van der Waals surface area contributed by atoms with Gasteiger partial charge in [0.15, 0.2) is 5.76 Å². The number of oxazole rings is 1. The highest BCUT2D eigenvalue weighted by molar-refractivity contribution is 6.30. The molecule has 0 saturated carbocycles. The van der Waals surface area contributed by atoms with Crippen molar-refractivity contribution in [3.8, 4) is 11.3 Å². The monoisotopic (exact) mass is 312 g/mol. The highest BCUT2D eigenvalue weighted by Crippen LogP contribution is 2.24. The van der Waals surface area contributed by atoms with Crippen molar-refractivity contribution in [3.63, 3.8) is 0 Å². The number of hydrogen-bond acceptors (Lipinski definition) is 3. The second kappa shape index (κ2) is 6.24. The average molecular weight is 313 g/mol. The number of halogens is 1. The highest BCUT2D eigenvalue weighted by Gasteiger charge is 2.08. The zero-order valence-corrected chi connectivity index (χ0v) is 13.3. The van der Waals surface area contributed by atoms with Gasteiger partial charge in [-0.1, -0.05) is 41.9 Å². The molecular formula is C18H17ClN2O. The van der Waals surface area contributed by atoms with Crippen LogP contribution in [0.2, 0.25) is 5.02 Å². The molecule has 0 spiro atoms. The highest BCUT2D eigenvalue weighted by atomic mass is 35.5. The molecule has 112 valence electrons. The van der Waals surface area contributed by atoms with Crippen LogP contribution in [0, 0.1) is 13.8 Å². The molecule has 1 N–H and O–H groups in total. The van der Waals surface area contributed by atoms with Crippen LogP contribution in [0.5, 0.6) is 0 Å². The molecule has 0 aliphatic carbocycles. The van der Waals surface area contributed by atoms with Gasteiger partial charge >= 0.3 is 0 Å². The largest absolute Gasteiger partial charge is 0.439 e. The van der Waals surface area contributed by atoms with Crippen LogP contribution in [-0.2, 0) is 6.54 Å². The van der Waals surface area contributed by atoms with Crippen molar-refractivity contribution < 1.29 is 4.42 Å². The Morgan fingerprint density at radius 3 is 2.55 bits per heavy atom. The lowest BCUT2D eigenvalue weighted by Gasteiger charge is -2.10. The molecule has 0 aliphatic heterocycles. The van der Waals surface area contributed by atoms with Gasteiger partial charge in [-0.2, -0.15) is 0 Å². The van der Waals surface area contributed by atoms with E-state index in [2.05, 4.69) is 42.3 Å². The summed E-state index contributed by atoms with van der Waals surface area (Å²) < 4.78 is 5.79. The number of anilines is 1.